The zero-order chi connectivity index (χ0) is 14.6. The molecule has 20 heavy (non-hydrogen) atoms. The number of methoxy groups -OCH3 is 1. The lowest BCUT2D eigenvalue weighted by Crippen LogP contribution is -2.14. The number of nitrogens with one attached hydrogen (secondary N) is 1. The van der Waals surface area contributed by atoms with Gasteiger partial charge in [0.05, 0.1) is 39.2 Å². The van der Waals surface area contributed by atoms with E-state index in [1.165, 1.54) is 6.20 Å². The van der Waals surface area contributed by atoms with Crippen LogP contribution in [0.25, 0.3) is 0 Å². The zero-order valence-electron chi connectivity index (χ0n) is 11.6. The number of nitrogens with zero attached hydrogens (tertiary/aromatic N) is 1. The summed E-state index contributed by atoms with van der Waals surface area (Å²) in [6, 6.07) is 3.36. The molecule has 0 aromatic carbocycles. The number of hydrogen-bond donors (Lipinski definition) is 2. The van der Waals surface area contributed by atoms with Gasteiger partial charge in [0.25, 0.3) is 0 Å². The predicted octanol–water partition coefficient (Wildman–Crippen LogP) is 0.424. The van der Waals surface area contributed by atoms with E-state index in [0.717, 1.165) is 0 Å². The molecule has 0 saturated heterocycles. The van der Waals surface area contributed by atoms with Crippen molar-refractivity contribution in [2.45, 2.75) is 0 Å². The Kier molecular flexibility index (Phi) is 8.28. The van der Waals surface area contributed by atoms with Crippen LogP contribution in [0.3, 0.4) is 0 Å². The van der Waals surface area contributed by atoms with Gasteiger partial charge in [0.1, 0.15) is 23.9 Å². The molecule has 112 valence electrons. The first-order chi connectivity index (χ1) is 9.74. The molecule has 7 heteroatoms. The molecule has 3 N–H and O–H groups in total. The summed E-state index contributed by atoms with van der Waals surface area (Å²) in [5.41, 5.74) is 5.73. The molecular weight excluding hydrogens is 262 g/mol. The lowest BCUT2D eigenvalue weighted by Gasteiger charge is -2.07. The zero-order valence-corrected chi connectivity index (χ0v) is 11.6. The molecule has 0 aliphatic carbocycles. The third kappa shape index (κ3) is 7.03. The summed E-state index contributed by atoms with van der Waals surface area (Å²) in [6.07, 6.45) is 1.53. The van der Waals surface area contributed by atoms with Crippen molar-refractivity contribution >= 4 is 5.84 Å². The Hall–Kier alpha value is -1.70. The molecule has 0 spiro atoms. The molecule has 0 unspecified atom stereocenters. The van der Waals surface area contributed by atoms with Gasteiger partial charge < -0.3 is 24.7 Å². The molecule has 0 saturated carbocycles. The summed E-state index contributed by atoms with van der Waals surface area (Å²) in [5, 5.41) is 7.22. The third-order valence-corrected chi connectivity index (χ3v) is 2.31. The molecular formula is C13H21N3O4. The van der Waals surface area contributed by atoms with Crippen LogP contribution < -0.4 is 10.5 Å². The molecule has 0 fully saturated rings. The van der Waals surface area contributed by atoms with Crippen molar-refractivity contribution in [2.24, 2.45) is 5.73 Å². The van der Waals surface area contributed by atoms with Gasteiger partial charge >= 0.3 is 0 Å². The van der Waals surface area contributed by atoms with E-state index in [0.29, 0.717) is 51.1 Å². The fourth-order valence-electron chi connectivity index (χ4n) is 1.31. The summed E-state index contributed by atoms with van der Waals surface area (Å²) in [5.74, 6) is 0.559. The standard InChI is InChI=1S/C13H21N3O4/c1-17-4-5-18-6-7-19-8-9-20-11-2-3-12(13(14)15)16-10-11/h2-3,10H,4-9H2,1H3,(H3,14,15). The highest BCUT2D eigenvalue weighted by molar-refractivity contribution is 5.92. The molecule has 0 amide bonds. The van der Waals surface area contributed by atoms with Crippen molar-refractivity contribution in [1.29, 1.82) is 5.41 Å². The van der Waals surface area contributed by atoms with Crippen molar-refractivity contribution < 1.29 is 18.9 Å². The number of ether oxygens (including phenoxy) is 4. The van der Waals surface area contributed by atoms with E-state index in [4.69, 9.17) is 30.1 Å². The van der Waals surface area contributed by atoms with Gasteiger partial charge in [0.15, 0.2) is 0 Å². The first-order valence-corrected chi connectivity index (χ1v) is 6.31. The first-order valence-electron chi connectivity index (χ1n) is 6.31. The number of nitrogens with two attached hydrogens (primary N) is 1. The Balaban J connectivity index is 2.02. The number of amidine groups is 1. The van der Waals surface area contributed by atoms with E-state index in [9.17, 15) is 0 Å². The van der Waals surface area contributed by atoms with Gasteiger partial charge in [0, 0.05) is 7.11 Å². The minimum Gasteiger partial charge on any atom is -0.490 e. The maximum Gasteiger partial charge on any atom is 0.141 e. The van der Waals surface area contributed by atoms with Gasteiger partial charge in [-0.05, 0) is 12.1 Å². The van der Waals surface area contributed by atoms with Crippen LogP contribution in [0.4, 0.5) is 0 Å². The predicted molar refractivity (Wildman–Crippen MR) is 74.3 cm³/mol. The van der Waals surface area contributed by atoms with E-state index in [1.54, 1.807) is 19.2 Å². The normalized spacial score (nSPS) is 10.4. The van der Waals surface area contributed by atoms with Gasteiger partial charge in [-0.25, -0.2) is 4.98 Å². The minimum atomic E-state index is -0.0617. The number of nitrogen functional groups attached to an aromatic ring is 1. The molecule has 1 heterocycles. The molecule has 0 atom stereocenters. The van der Waals surface area contributed by atoms with E-state index in [-0.39, 0.29) is 5.84 Å². The number of aromatic nitrogens is 1. The van der Waals surface area contributed by atoms with Crippen molar-refractivity contribution in [2.75, 3.05) is 46.8 Å². The smallest absolute Gasteiger partial charge is 0.141 e. The van der Waals surface area contributed by atoms with Crippen LogP contribution in [-0.2, 0) is 14.2 Å². The monoisotopic (exact) mass is 283 g/mol. The Morgan fingerprint density at radius 1 is 1.10 bits per heavy atom. The van der Waals surface area contributed by atoms with Crippen LogP contribution in [0.15, 0.2) is 18.3 Å². The number of hydrogen-bond acceptors (Lipinski definition) is 6. The van der Waals surface area contributed by atoms with Crippen LogP contribution >= 0.6 is 0 Å². The van der Waals surface area contributed by atoms with Crippen LogP contribution in [0.5, 0.6) is 5.75 Å². The second-order valence-electron chi connectivity index (χ2n) is 3.86. The summed E-state index contributed by atoms with van der Waals surface area (Å²) in [7, 11) is 1.63. The summed E-state index contributed by atoms with van der Waals surface area (Å²) < 4.78 is 20.8. The molecule has 0 radical (unpaired) electrons. The quantitative estimate of drug-likeness (QED) is 0.347. The van der Waals surface area contributed by atoms with Crippen molar-refractivity contribution in [1.82, 2.24) is 4.98 Å². The van der Waals surface area contributed by atoms with Crippen LogP contribution in [0.1, 0.15) is 5.69 Å². The molecule has 7 nitrogen and oxygen atoms in total. The van der Waals surface area contributed by atoms with E-state index >= 15 is 0 Å². The lowest BCUT2D eigenvalue weighted by molar-refractivity contribution is 0.0179. The van der Waals surface area contributed by atoms with E-state index < -0.39 is 0 Å². The molecule has 0 bridgehead atoms. The Labute approximate surface area is 118 Å². The van der Waals surface area contributed by atoms with Gasteiger partial charge in [-0.1, -0.05) is 0 Å². The second kappa shape index (κ2) is 10.1. The van der Waals surface area contributed by atoms with Gasteiger partial charge in [0.2, 0.25) is 0 Å². The maximum atomic E-state index is 7.22. The molecule has 1 aromatic rings. The summed E-state index contributed by atoms with van der Waals surface area (Å²) in [4.78, 5) is 3.99. The average molecular weight is 283 g/mol. The lowest BCUT2D eigenvalue weighted by atomic mass is 10.3. The van der Waals surface area contributed by atoms with Gasteiger partial charge in [-0.2, -0.15) is 0 Å². The topological polar surface area (TPSA) is 99.7 Å². The average Bonchev–Trinajstić information content (AvgIpc) is 2.46. The molecule has 1 aromatic heterocycles. The fraction of sp³-hybridized carbons (Fsp3) is 0.538. The van der Waals surface area contributed by atoms with E-state index in [2.05, 4.69) is 4.98 Å². The second-order valence-corrected chi connectivity index (χ2v) is 3.86. The molecule has 0 aliphatic rings. The largest absolute Gasteiger partial charge is 0.490 e. The Bertz CT molecular complexity index is 384. The Morgan fingerprint density at radius 3 is 2.30 bits per heavy atom. The van der Waals surface area contributed by atoms with Gasteiger partial charge in [-0.15, -0.1) is 0 Å². The third-order valence-electron chi connectivity index (χ3n) is 2.31. The summed E-state index contributed by atoms with van der Waals surface area (Å²) >= 11 is 0. The Morgan fingerprint density at radius 2 is 1.75 bits per heavy atom. The molecule has 1 rings (SSSR count). The highest BCUT2D eigenvalue weighted by Crippen LogP contribution is 2.08. The van der Waals surface area contributed by atoms with Crippen LogP contribution in [0.2, 0.25) is 0 Å². The van der Waals surface area contributed by atoms with Crippen molar-refractivity contribution in [3.63, 3.8) is 0 Å². The van der Waals surface area contributed by atoms with Gasteiger partial charge in [-0.3, -0.25) is 5.41 Å². The number of rotatable bonds is 11. The highest BCUT2D eigenvalue weighted by atomic mass is 16.6. The van der Waals surface area contributed by atoms with Crippen LogP contribution in [-0.4, -0.2) is 57.6 Å². The van der Waals surface area contributed by atoms with Crippen LogP contribution in [0, 0.1) is 5.41 Å². The van der Waals surface area contributed by atoms with E-state index in [1.807, 2.05) is 0 Å². The number of pyridine rings is 1. The SMILES string of the molecule is COCCOCCOCCOc1ccc(C(=N)N)nc1. The highest BCUT2D eigenvalue weighted by Gasteiger charge is 1.99. The summed E-state index contributed by atoms with van der Waals surface area (Å²) in [6.45, 7) is 3.13. The first kappa shape index (κ1) is 16.4. The molecule has 0 aliphatic heterocycles. The minimum absolute atomic E-state index is 0.0617. The maximum absolute atomic E-state index is 7.22. The van der Waals surface area contributed by atoms with Crippen molar-refractivity contribution in [3.05, 3.63) is 24.0 Å². The fourth-order valence-corrected chi connectivity index (χ4v) is 1.31. The van der Waals surface area contributed by atoms with Crippen molar-refractivity contribution in [3.8, 4) is 5.75 Å².